The van der Waals surface area contributed by atoms with Gasteiger partial charge in [-0.15, -0.1) is 12.4 Å². The highest BCUT2D eigenvalue weighted by atomic mass is 35.5. The molecule has 0 spiro atoms. The third kappa shape index (κ3) is 2.55. The van der Waals surface area contributed by atoms with E-state index in [4.69, 9.17) is 5.73 Å². The first-order chi connectivity index (χ1) is 7.33. The van der Waals surface area contributed by atoms with Gasteiger partial charge < -0.3 is 5.73 Å². The average molecular weight is 236 g/mol. The lowest BCUT2D eigenvalue weighted by molar-refractivity contribution is 0.642. The molecular weight excluding hydrogens is 218 g/mol. The van der Waals surface area contributed by atoms with Crippen molar-refractivity contribution in [3.63, 3.8) is 0 Å². The van der Waals surface area contributed by atoms with Crippen LogP contribution < -0.4 is 5.73 Å². The van der Waals surface area contributed by atoms with Crippen molar-refractivity contribution >= 4 is 23.2 Å². The number of hydrogen-bond acceptors (Lipinski definition) is 1. The van der Waals surface area contributed by atoms with Gasteiger partial charge in [-0.3, -0.25) is 0 Å². The second-order valence-electron chi connectivity index (χ2n) is 3.96. The molecule has 2 heteroatoms. The minimum atomic E-state index is 0. The molecule has 0 bridgehead atoms. The van der Waals surface area contributed by atoms with E-state index in [2.05, 4.69) is 49.4 Å². The van der Waals surface area contributed by atoms with Crippen LogP contribution in [0.1, 0.15) is 31.4 Å². The molecule has 0 saturated heterocycles. The summed E-state index contributed by atoms with van der Waals surface area (Å²) in [4.78, 5) is 0. The van der Waals surface area contributed by atoms with Crippen LogP contribution in [0.15, 0.2) is 42.5 Å². The Morgan fingerprint density at radius 1 is 1.06 bits per heavy atom. The van der Waals surface area contributed by atoms with Crippen molar-refractivity contribution in [2.45, 2.75) is 25.8 Å². The Bertz CT molecular complexity index is 448. The quantitative estimate of drug-likeness (QED) is 0.853. The van der Waals surface area contributed by atoms with Gasteiger partial charge in [-0.1, -0.05) is 55.8 Å². The molecule has 1 atom stereocenters. The Morgan fingerprint density at radius 2 is 1.75 bits per heavy atom. The Labute approximate surface area is 103 Å². The lowest BCUT2D eigenvalue weighted by atomic mass is 9.97. The predicted molar refractivity (Wildman–Crippen MR) is 73.0 cm³/mol. The largest absolute Gasteiger partial charge is 0.324 e. The summed E-state index contributed by atoms with van der Waals surface area (Å²) in [6.07, 6.45) is 2.18. The molecule has 1 nitrogen and oxygen atoms in total. The maximum Gasteiger partial charge on any atom is 0.0300 e. The zero-order chi connectivity index (χ0) is 10.7. The molecule has 2 aromatic rings. The molecule has 16 heavy (non-hydrogen) atoms. The van der Waals surface area contributed by atoms with Crippen molar-refractivity contribution in [2.75, 3.05) is 0 Å². The number of fused-ring (bicyclic) bond motifs is 1. The smallest absolute Gasteiger partial charge is 0.0300 e. The van der Waals surface area contributed by atoms with Gasteiger partial charge in [0.1, 0.15) is 0 Å². The summed E-state index contributed by atoms with van der Waals surface area (Å²) in [6, 6.07) is 15.0. The van der Waals surface area contributed by atoms with E-state index in [1.54, 1.807) is 0 Å². The fraction of sp³-hybridized carbons (Fsp3) is 0.286. The average Bonchev–Trinajstić information content (AvgIpc) is 2.28. The number of halogens is 1. The van der Waals surface area contributed by atoms with Gasteiger partial charge in [0.2, 0.25) is 0 Å². The monoisotopic (exact) mass is 235 g/mol. The maximum absolute atomic E-state index is 6.17. The van der Waals surface area contributed by atoms with Crippen molar-refractivity contribution in [3.05, 3.63) is 48.0 Å². The second-order valence-corrected chi connectivity index (χ2v) is 3.96. The fourth-order valence-corrected chi connectivity index (χ4v) is 2.04. The SMILES string of the molecule is CCC[C@@H](N)c1cccc2ccccc12.Cl. The Kier molecular flexibility index (Phi) is 4.78. The van der Waals surface area contributed by atoms with Crippen LogP contribution in [0.5, 0.6) is 0 Å². The van der Waals surface area contributed by atoms with Crippen LogP contribution in [-0.2, 0) is 0 Å². The van der Waals surface area contributed by atoms with Gasteiger partial charge in [0, 0.05) is 6.04 Å². The minimum absolute atomic E-state index is 0. The van der Waals surface area contributed by atoms with Crippen molar-refractivity contribution < 1.29 is 0 Å². The third-order valence-corrected chi connectivity index (χ3v) is 2.82. The highest BCUT2D eigenvalue weighted by Crippen LogP contribution is 2.25. The second kappa shape index (κ2) is 5.88. The van der Waals surface area contributed by atoms with Gasteiger partial charge in [0.25, 0.3) is 0 Å². The molecule has 0 aromatic heterocycles. The standard InChI is InChI=1S/C14H17N.ClH/c1-2-6-14(15)13-10-5-8-11-7-3-4-9-12(11)13;/h3-5,7-10,14H,2,6,15H2,1H3;1H/t14-;/m1./s1. The van der Waals surface area contributed by atoms with Gasteiger partial charge in [-0.25, -0.2) is 0 Å². The molecule has 0 saturated carbocycles. The molecule has 0 radical (unpaired) electrons. The summed E-state index contributed by atoms with van der Waals surface area (Å²) >= 11 is 0. The van der Waals surface area contributed by atoms with Crippen LogP contribution >= 0.6 is 12.4 Å². The zero-order valence-electron chi connectivity index (χ0n) is 9.52. The Balaban J connectivity index is 0.00000128. The number of hydrogen-bond donors (Lipinski definition) is 1. The Hall–Kier alpha value is -1.05. The van der Waals surface area contributed by atoms with Crippen molar-refractivity contribution in [3.8, 4) is 0 Å². The lowest BCUT2D eigenvalue weighted by Crippen LogP contribution is -2.09. The highest BCUT2D eigenvalue weighted by molar-refractivity contribution is 5.86. The van der Waals surface area contributed by atoms with E-state index >= 15 is 0 Å². The lowest BCUT2D eigenvalue weighted by Gasteiger charge is -2.13. The van der Waals surface area contributed by atoms with Gasteiger partial charge in [-0.2, -0.15) is 0 Å². The van der Waals surface area contributed by atoms with Crippen molar-refractivity contribution in [1.29, 1.82) is 0 Å². The summed E-state index contributed by atoms with van der Waals surface area (Å²) in [5.74, 6) is 0. The molecule has 0 amide bonds. The minimum Gasteiger partial charge on any atom is -0.324 e. The molecule has 0 aliphatic rings. The number of nitrogens with two attached hydrogens (primary N) is 1. The molecule has 2 N–H and O–H groups in total. The molecule has 0 fully saturated rings. The maximum atomic E-state index is 6.17. The molecule has 0 unspecified atom stereocenters. The molecule has 2 aromatic carbocycles. The van der Waals surface area contributed by atoms with Gasteiger partial charge in [0.05, 0.1) is 0 Å². The van der Waals surface area contributed by atoms with Gasteiger partial charge >= 0.3 is 0 Å². The Morgan fingerprint density at radius 3 is 2.50 bits per heavy atom. The van der Waals surface area contributed by atoms with Crippen LogP contribution in [0.25, 0.3) is 10.8 Å². The summed E-state index contributed by atoms with van der Waals surface area (Å²) in [6.45, 7) is 2.17. The molecular formula is C14H18ClN. The van der Waals surface area contributed by atoms with Crippen LogP contribution in [0.2, 0.25) is 0 Å². The highest BCUT2D eigenvalue weighted by Gasteiger charge is 2.07. The van der Waals surface area contributed by atoms with E-state index in [9.17, 15) is 0 Å². The van der Waals surface area contributed by atoms with Crippen molar-refractivity contribution in [1.82, 2.24) is 0 Å². The molecule has 86 valence electrons. The van der Waals surface area contributed by atoms with Gasteiger partial charge in [-0.05, 0) is 22.8 Å². The molecule has 0 aliphatic heterocycles. The van der Waals surface area contributed by atoms with Crippen molar-refractivity contribution in [2.24, 2.45) is 5.73 Å². The normalized spacial score (nSPS) is 12.1. The van der Waals surface area contributed by atoms with E-state index in [0.717, 1.165) is 12.8 Å². The van der Waals surface area contributed by atoms with Crippen LogP contribution in [0, 0.1) is 0 Å². The van der Waals surface area contributed by atoms with E-state index in [1.165, 1.54) is 16.3 Å². The summed E-state index contributed by atoms with van der Waals surface area (Å²) in [5.41, 5.74) is 7.44. The topological polar surface area (TPSA) is 26.0 Å². The number of rotatable bonds is 3. The summed E-state index contributed by atoms with van der Waals surface area (Å²) < 4.78 is 0. The number of benzene rings is 2. The van der Waals surface area contributed by atoms with E-state index in [0.29, 0.717) is 0 Å². The van der Waals surface area contributed by atoms with Crippen LogP contribution in [0.4, 0.5) is 0 Å². The molecule has 0 aliphatic carbocycles. The third-order valence-electron chi connectivity index (χ3n) is 2.82. The first-order valence-corrected chi connectivity index (χ1v) is 5.56. The summed E-state index contributed by atoms with van der Waals surface area (Å²) in [7, 11) is 0. The van der Waals surface area contributed by atoms with E-state index in [1.807, 2.05) is 0 Å². The molecule has 2 rings (SSSR count). The fourth-order valence-electron chi connectivity index (χ4n) is 2.04. The summed E-state index contributed by atoms with van der Waals surface area (Å²) in [5, 5.41) is 2.57. The van der Waals surface area contributed by atoms with Crippen LogP contribution in [-0.4, -0.2) is 0 Å². The first kappa shape index (κ1) is 13.0. The first-order valence-electron chi connectivity index (χ1n) is 5.56. The van der Waals surface area contributed by atoms with E-state index < -0.39 is 0 Å². The van der Waals surface area contributed by atoms with Gasteiger partial charge in [0.15, 0.2) is 0 Å². The van der Waals surface area contributed by atoms with E-state index in [-0.39, 0.29) is 18.4 Å². The van der Waals surface area contributed by atoms with Crippen LogP contribution in [0.3, 0.4) is 0 Å². The predicted octanol–water partition coefficient (Wildman–Crippen LogP) is 4.06. The zero-order valence-corrected chi connectivity index (χ0v) is 10.3. The molecule has 0 heterocycles.